The molecule has 0 fully saturated rings. The standard InChI is InChI=1S/C9H6Cl2N2O2/c10-5-2-1-3-6(11)8(5)13-4-7(14)12-9(13)15/h1-4,14H,(H,12,15). The largest absolute Gasteiger partial charge is 0.493 e. The van der Waals surface area contributed by atoms with E-state index in [1.165, 1.54) is 6.20 Å². The molecule has 0 radical (unpaired) electrons. The van der Waals surface area contributed by atoms with Crippen LogP contribution >= 0.6 is 23.2 Å². The van der Waals surface area contributed by atoms with E-state index in [2.05, 4.69) is 4.98 Å². The van der Waals surface area contributed by atoms with Crippen LogP contribution in [0.4, 0.5) is 0 Å². The van der Waals surface area contributed by atoms with Gasteiger partial charge < -0.3 is 5.11 Å². The third-order valence-corrected chi connectivity index (χ3v) is 2.49. The SMILES string of the molecule is O=c1[nH]c(O)cn1-c1c(Cl)cccc1Cl. The van der Waals surface area contributed by atoms with Crippen molar-refractivity contribution in [2.75, 3.05) is 0 Å². The number of aromatic hydroxyl groups is 1. The maximum absolute atomic E-state index is 11.4. The van der Waals surface area contributed by atoms with E-state index in [1.807, 2.05) is 0 Å². The van der Waals surface area contributed by atoms with Crippen LogP contribution < -0.4 is 5.69 Å². The predicted molar refractivity (Wildman–Crippen MR) is 58.1 cm³/mol. The number of aromatic amines is 1. The molecule has 0 saturated heterocycles. The molecule has 0 unspecified atom stereocenters. The monoisotopic (exact) mass is 244 g/mol. The quantitative estimate of drug-likeness (QED) is 0.808. The van der Waals surface area contributed by atoms with Crippen LogP contribution in [-0.2, 0) is 0 Å². The van der Waals surface area contributed by atoms with Gasteiger partial charge in [0, 0.05) is 0 Å². The summed E-state index contributed by atoms with van der Waals surface area (Å²) in [7, 11) is 0. The van der Waals surface area contributed by atoms with Crippen molar-refractivity contribution >= 4 is 23.2 Å². The van der Waals surface area contributed by atoms with Crippen LogP contribution in [-0.4, -0.2) is 14.7 Å². The molecule has 2 aromatic rings. The van der Waals surface area contributed by atoms with Crippen molar-refractivity contribution in [3.8, 4) is 11.6 Å². The summed E-state index contributed by atoms with van der Waals surface area (Å²) in [6, 6.07) is 4.89. The normalized spacial score (nSPS) is 10.5. The first-order valence-electron chi connectivity index (χ1n) is 4.04. The molecule has 0 aliphatic heterocycles. The van der Waals surface area contributed by atoms with Crippen LogP contribution in [0.5, 0.6) is 5.88 Å². The van der Waals surface area contributed by atoms with Crippen molar-refractivity contribution in [1.29, 1.82) is 0 Å². The fourth-order valence-corrected chi connectivity index (χ4v) is 1.85. The summed E-state index contributed by atoms with van der Waals surface area (Å²) < 4.78 is 1.15. The van der Waals surface area contributed by atoms with Gasteiger partial charge in [0.2, 0.25) is 5.88 Å². The highest BCUT2D eigenvalue weighted by atomic mass is 35.5. The number of aromatic nitrogens is 2. The number of nitrogens with zero attached hydrogens (tertiary/aromatic N) is 1. The number of imidazole rings is 1. The highest BCUT2D eigenvalue weighted by Gasteiger charge is 2.11. The molecule has 0 atom stereocenters. The number of rotatable bonds is 1. The molecule has 1 aromatic carbocycles. The Labute approximate surface area is 94.7 Å². The zero-order chi connectivity index (χ0) is 11.0. The van der Waals surface area contributed by atoms with E-state index in [0.29, 0.717) is 15.7 Å². The van der Waals surface area contributed by atoms with Crippen LogP contribution in [0.25, 0.3) is 5.69 Å². The molecule has 0 bridgehead atoms. The van der Waals surface area contributed by atoms with Gasteiger partial charge >= 0.3 is 5.69 Å². The molecule has 0 aliphatic carbocycles. The highest BCUT2D eigenvalue weighted by molar-refractivity contribution is 6.37. The molecule has 4 nitrogen and oxygen atoms in total. The molecule has 6 heteroatoms. The average Bonchev–Trinajstić information content (AvgIpc) is 2.45. The van der Waals surface area contributed by atoms with Gasteiger partial charge in [-0.05, 0) is 12.1 Å². The third kappa shape index (κ3) is 1.73. The number of hydrogen-bond donors (Lipinski definition) is 2. The summed E-state index contributed by atoms with van der Waals surface area (Å²) >= 11 is 11.8. The Balaban J connectivity index is 2.74. The molecule has 1 heterocycles. The molecule has 2 rings (SSSR count). The van der Waals surface area contributed by atoms with Crippen LogP contribution in [0.15, 0.2) is 29.2 Å². The van der Waals surface area contributed by atoms with Gasteiger partial charge in [0.25, 0.3) is 0 Å². The number of halogens is 2. The fraction of sp³-hybridized carbons (Fsp3) is 0. The van der Waals surface area contributed by atoms with E-state index in [-0.39, 0.29) is 5.88 Å². The summed E-state index contributed by atoms with van der Waals surface area (Å²) in [6.07, 6.45) is 1.22. The Bertz CT molecular complexity index is 539. The first-order chi connectivity index (χ1) is 7.09. The van der Waals surface area contributed by atoms with E-state index in [1.54, 1.807) is 18.2 Å². The number of hydrogen-bond acceptors (Lipinski definition) is 2. The Morgan fingerprint density at radius 2 is 1.87 bits per heavy atom. The molecule has 78 valence electrons. The fourth-order valence-electron chi connectivity index (χ4n) is 1.27. The maximum atomic E-state index is 11.4. The number of nitrogens with one attached hydrogen (secondary N) is 1. The minimum atomic E-state index is -0.498. The van der Waals surface area contributed by atoms with Gasteiger partial charge in [-0.2, -0.15) is 0 Å². The molecule has 0 amide bonds. The van der Waals surface area contributed by atoms with E-state index in [0.717, 1.165) is 4.57 Å². The van der Waals surface area contributed by atoms with Crippen molar-refractivity contribution in [2.45, 2.75) is 0 Å². The lowest BCUT2D eigenvalue weighted by Crippen LogP contribution is -2.14. The minimum Gasteiger partial charge on any atom is -0.493 e. The Hall–Kier alpha value is -1.39. The zero-order valence-electron chi connectivity index (χ0n) is 7.37. The number of benzene rings is 1. The third-order valence-electron chi connectivity index (χ3n) is 1.88. The molecule has 0 spiro atoms. The lowest BCUT2D eigenvalue weighted by molar-refractivity contribution is 0.455. The predicted octanol–water partition coefficient (Wildman–Crippen LogP) is 2.18. The lowest BCUT2D eigenvalue weighted by atomic mass is 10.3. The number of H-pyrrole nitrogens is 1. The van der Waals surface area contributed by atoms with Gasteiger partial charge in [0.15, 0.2) is 0 Å². The molecular weight excluding hydrogens is 239 g/mol. The van der Waals surface area contributed by atoms with Crippen LogP contribution in [0.3, 0.4) is 0 Å². The molecule has 2 N–H and O–H groups in total. The summed E-state index contributed by atoms with van der Waals surface area (Å²) in [4.78, 5) is 13.6. The van der Waals surface area contributed by atoms with E-state index >= 15 is 0 Å². The Morgan fingerprint density at radius 1 is 1.27 bits per heavy atom. The molecule has 1 aromatic heterocycles. The zero-order valence-corrected chi connectivity index (χ0v) is 8.88. The van der Waals surface area contributed by atoms with Gasteiger partial charge in [-0.1, -0.05) is 29.3 Å². The average molecular weight is 245 g/mol. The highest BCUT2D eigenvalue weighted by Crippen LogP contribution is 2.27. The van der Waals surface area contributed by atoms with Gasteiger partial charge in [-0.3, -0.25) is 9.55 Å². The number of para-hydroxylation sites is 1. The molecule has 0 aliphatic rings. The second-order valence-electron chi connectivity index (χ2n) is 2.88. The molecule has 15 heavy (non-hydrogen) atoms. The summed E-state index contributed by atoms with van der Waals surface area (Å²) in [5.41, 5.74) is -0.148. The Kier molecular flexibility index (Phi) is 2.46. The van der Waals surface area contributed by atoms with Crippen molar-refractivity contribution in [1.82, 2.24) is 9.55 Å². The first kappa shape index (κ1) is 10.1. The van der Waals surface area contributed by atoms with E-state index in [9.17, 15) is 4.79 Å². The summed E-state index contributed by atoms with van der Waals surface area (Å²) in [6.45, 7) is 0. The van der Waals surface area contributed by atoms with Gasteiger partial charge in [0.05, 0.1) is 21.9 Å². The van der Waals surface area contributed by atoms with Crippen molar-refractivity contribution in [3.63, 3.8) is 0 Å². The first-order valence-corrected chi connectivity index (χ1v) is 4.80. The topological polar surface area (TPSA) is 58.0 Å². The molecular formula is C9H6Cl2N2O2. The van der Waals surface area contributed by atoms with Crippen LogP contribution in [0, 0.1) is 0 Å². The summed E-state index contributed by atoms with van der Waals surface area (Å²) in [5.74, 6) is -0.240. The van der Waals surface area contributed by atoms with E-state index in [4.69, 9.17) is 28.3 Å². The molecule has 0 saturated carbocycles. The van der Waals surface area contributed by atoms with Crippen molar-refractivity contribution < 1.29 is 5.11 Å². The lowest BCUT2D eigenvalue weighted by Gasteiger charge is -2.05. The summed E-state index contributed by atoms with van der Waals surface area (Å²) in [5, 5.41) is 9.79. The van der Waals surface area contributed by atoms with Crippen molar-refractivity contribution in [3.05, 3.63) is 44.9 Å². The second-order valence-corrected chi connectivity index (χ2v) is 3.70. The second kappa shape index (κ2) is 3.64. The Morgan fingerprint density at radius 3 is 2.33 bits per heavy atom. The van der Waals surface area contributed by atoms with Gasteiger partial charge in [-0.15, -0.1) is 0 Å². The van der Waals surface area contributed by atoms with Gasteiger partial charge in [0.1, 0.15) is 0 Å². The smallest absolute Gasteiger partial charge is 0.333 e. The van der Waals surface area contributed by atoms with E-state index < -0.39 is 5.69 Å². The van der Waals surface area contributed by atoms with Gasteiger partial charge in [-0.25, -0.2) is 4.79 Å². The minimum absolute atomic E-state index is 0.240. The van der Waals surface area contributed by atoms with Crippen molar-refractivity contribution in [2.24, 2.45) is 0 Å². The van der Waals surface area contributed by atoms with Crippen LogP contribution in [0.1, 0.15) is 0 Å². The van der Waals surface area contributed by atoms with Crippen LogP contribution in [0.2, 0.25) is 10.0 Å². The maximum Gasteiger partial charge on any atom is 0.333 e.